The van der Waals surface area contributed by atoms with Gasteiger partial charge in [0.15, 0.2) is 5.96 Å². The summed E-state index contributed by atoms with van der Waals surface area (Å²) in [6.45, 7) is 8.94. The Morgan fingerprint density at radius 1 is 1.38 bits per heavy atom. The quantitative estimate of drug-likeness (QED) is 0.279. The number of nitrogens with one attached hydrogen (secondary N) is 2. The van der Waals surface area contributed by atoms with Crippen LogP contribution < -0.4 is 10.6 Å². The van der Waals surface area contributed by atoms with Crippen LogP contribution in [0.3, 0.4) is 0 Å². The number of rotatable bonds is 5. The van der Waals surface area contributed by atoms with E-state index in [1.807, 2.05) is 25.7 Å². The number of nitrogens with zero attached hydrogens (tertiary/aromatic N) is 2. The molecule has 1 heterocycles. The SMILES string of the molecule is CN=C(NCCSC)NCC1CCCN(C(=O)OC(C)(C)C)C1.I. The summed E-state index contributed by atoms with van der Waals surface area (Å²) >= 11 is 1.80. The largest absolute Gasteiger partial charge is 0.444 e. The molecule has 0 saturated carbocycles. The lowest BCUT2D eigenvalue weighted by Crippen LogP contribution is -2.47. The third-order valence-corrected chi connectivity index (χ3v) is 4.16. The van der Waals surface area contributed by atoms with Crippen molar-refractivity contribution in [1.29, 1.82) is 0 Å². The fourth-order valence-corrected chi connectivity index (χ4v) is 2.76. The van der Waals surface area contributed by atoms with E-state index in [0.717, 1.165) is 50.7 Å². The topological polar surface area (TPSA) is 66.0 Å². The van der Waals surface area contributed by atoms with Crippen LogP contribution >= 0.6 is 35.7 Å². The molecule has 2 N–H and O–H groups in total. The molecule has 0 spiro atoms. The van der Waals surface area contributed by atoms with E-state index in [0.29, 0.717) is 5.92 Å². The molecule has 1 atom stereocenters. The van der Waals surface area contributed by atoms with Gasteiger partial charge in [-0.1, -0.05) is 0 Å². The molecule has 1 aliphatic heterocycles. The molecule has 1 saturated heterocycles. The van der Waals surface area contributed by atoms with E-state index in [9.17, 15) is 4.79 Å². The second kappa shape index (κ2) is 12.1. The minimum atomic E-state index is -0.439. The van der Waals surface area contributed by atoms with Gasteiger partial charge in [0, 0.05) is 39.0 Å². The molecule has 142 valence electrons. The molecule has 1 amide bonds. The van der Waals surface area contributed by atoms with E-state index >= 15 is 0 Å². The molecule has 0 aromatic rings. The zero-order valence-electron chi connectivity index (χ0n) is 15.6. The number of guanidine groups is 1. The van der Waals surface area contributed by atoms with Gasteiger partial charge in [-0.05, 0) is 45.8 Å². The predicted molar refractivity (Wildman–Crippen MR) is 114 cm³/mol. The van der Waals surface area contributed by atoms with Crippen LogP contribution in [0, 0.1) is 5.92 Å². The molecule has 1 fully saturated rings. The van der Waals surface area contributed by atoms with Gasteiger partial charge in [0.05, 0.1) is 0 Å². The summed E-state index contributed by atoms with van der Waals surface area (Å²) in [5, 5.41) is 6.64. The standard InChI is InChI=1S/C16H32N4O2S.HI/c1-16(2,3)22-15(21)20-9-6-7-13(12-20)11-19-14(17-4)18-8-10-23-5;/h13H,6-12H2,1-5H3,(H2,17,18,19);1H. The highest BCUT2D eigenvalue weighted by atomic mass is 127. The molecule has 0 radical (unpaired) electrons. The Hall–Kier alpha value is -0.380. The van der Waals surface area contributed by atoms with E-state index in [2.05, 4.69) is 21.9 Å². The van der Waals surface area contributed by atoms with Crippen LogP contribution in [0.2, 0.25) is 0 Å². The number of thioether (sulfide) groups is 1. The van der Waals surface area contributed by atoms with Gasteiger partial charge >= 0.3 is 6.09 Å². The Morgan fingerprint density at radius 3 is 2.67 bits per heavy atom. The zero-order chi connectivity index (χ0) is 17.3. The number of aliphatic imine (C=N–C) groups is 1. The van der Waals surface area contributed by atoms with E-state index in [1.165, 1.54) is 0 Å². The Balaban J connectivity index is 0.00000529. The van der Waals surface area contributed by atoms with Crippen molar-refractivity contribution in [2.75, 3.05) is 45.2 Å². The highest BCUT2D eigenvalue weighted by molar-refractivity contribution is 14.0. The van der Waals surface area contributed by atoms with Crippen molar-refractivity contribution in [3.05, 3.63) is 0 Å². The lowest BCUT2D eigenvalue weighted by atomic mass is 9.98. The Labute approximate surface area is 168 Å². The van der Waals surface area contributed by atoms with E-state index in [4.69, 9.17) is 4.74 Å². The molecule has 0 aliphatic carbocycles. The monoisotopic (exact) mass is 472 g/mol. The third kappa shape index (κ3) is 9.80. The van der Waals surface area contributed by atoms with Crippen LogP contribution in [0.25, 0.3) is 0 Å². The maximum Gasteiger partial charge on any atom is 0.410 e. The summed E-state index contributed by atoms with van der Waals surface area (Å²) < 4.78 is 5.47. The molecule has 1 rings (SSSR count). The fraction of sp³-hybridized carbons (Fsp3) is 0.875. The van der Waals surface area contributed by atoms with Gasteiger partial charge in [-0.25, -0.2) is 4.79 Å². The molecule has 1 aliphatic rings. The van der Waals surface area contributed by atoms with Crippen LogP contribution in [0.15, 0.2) is 4.99 Å². The molecule has 1 unspecified atom stereocenters. The van der Waals surface area contributed by atoms with Crippen molar-refractivity contribution in [2.45, 2.75) is 39.2 Å². The van der Waals surface area contributed by atoms with Gasteiger partial charge < -0.3 is 20.3 Å². The van der Waals surface area contributed by atoms with Crippen LogP contribution in [-0.2, 0) is 4.74 Å². The average molecular weight is 472 g/mol. The number of likely N-dealkylation sites (tertiary alicyclic amines) is 1. The first kappa shape index (κ1) is 23.6. The van der Waals surface area contributed by atoms with Gasteiger partial charge in [-0.2, -0.15) is 11.8 Å². The Morgan fingerprint density at radius 2 is 2.08 bits per heavy atom. The molecule has 8 heteroatoms. The molecular formula is C16H33IN4O2S. The summed E-state index contributed by atoms with van der Waals surface area (Å²) in [6, 6.07) is 0. The second-order valence-corrected chi connectivity index (χ2v) is 7.79. The number of ether oxygens (including phenoxy) is 1. The number of hydrogen-bond acceptors (Lipinski definition) is 4. The van der Waals surface area contributed by atoms with Gasteiger partial charge in [0.2, 0.25) is 0 Å². The number of carbonyl (C=O) groups excluding carboxylic acids is 1. The first-order chi connectivity index (χ1) is 10.9. The summed E-state index contributed by atoms with van der Waals surface area (Å²) in [6.07, 6.45) is 4.02. The number of halogens is 1. The summed E-state index contributed by atoms with van der Waals surface area (Å²) in [5.41, 5.74) is -0.439. The predicted octanol–water partition coefficient (Wildman–Crippen LogP) is 2.78. The molecule has 24 heavy (non-hydrogen) atoms. The van der Waals surface area contributed by atoms with Crippen LogP contribution in [-0.4, -0.2) is 67.8 Å². The highest BCUT2D eigenvalue weighted by Gasteiger charge is 2.27. The van der Waals surface area contributed by atoms with E-state index in [1.54, 1.807) is 18.8 Å². The van der Waals surface area contributed by atoms with Crippen molar-refractivity contribution in [3.8, 4) is 0 Å². The first-order valence-electron chi connectivity index (χ1n) is 8.27. The van der Waals surface area contributed by atoms with Crippen molar-refractivity contribution >= 4 is 47.8 Å². The summed E-state index contributed by atoms with van der Waals surface area (Å²) in [5.74, 6) is 2.31. The third-order valence-electron chi connectivity index (χ3n) is 3.55. The number of piperidine rings is 1. The summed E-state index contributed by atoms with van der Waals surface area (Å²) in [7, 11) is 1.78. The average Bonchev–Trinajstić information content (AvgIpc) is 2.49. The number of carbonyl (C=O) groups is 1. The molecule has 0 aromatic carbocycles. The smallest absolute Gasteiger partial charge is 0.410 e. The second-order valence-electron chi connectivity index (χ2n) is 6.81. The highest BCUT2D eigenvalue weighted by Crippen LogP contribution is 2.18. The fourth-order valence-electron chi connectivity index (χ4n) is 2.46. The van der Waals surface area contributed by atoms with E-state index in [-0.39, 0.29) is 30.1 Å². The van der Waals surface area contributed by atoms with E-state index < -0.39 is 5.60 Å². The summed E-state index contributed by atoms with van der Waals surface area (Å²) in [4.78, 5) is 18.2. The van der Waals surface area contributed by atoms with Crippen LogP contribution in [0.1, 0.15) is 33.6 Å². The normalized spacial score (nSPS) is 18.6. The Kier molecular flexibility index (Phi) is 11.9. The lowest BCUT2D eigenvalue weighted by Gasteiger charge is -2.34. The Bertz CT molecular complexity index is 402. The minimum absolute atomic E-state index is 0. The van der Waals surface area contributed by atoms with Gasteiger partial charge in [0.25, 0.3) is 0 Å². The number of amides is 1. The van der Waals surface area contributed by atoms with Crippen molar-refractivity contribution < 1.29 is 9.53 Å². The first-order valence-corrected chi connectivity index (χ1v) is 9.66. The van der Waals surface area contributed by atoms with Gasteiger partial charge in [-0.3, -0.25) is 4.99 Å². The maximum atomic E-state index is 12.2. The maximum absolute atomic E-state index is 12.2. The van der Waals surface area contributed by atoms with Crippen molar-refractivity contribution in [1.82, 2.24) is 15.5 Å². The molecular weight excluding hydrogens is 439 g/mol. The van der Waals surface area contributed by atoms with Crippen LogP contribution in [0.4, 0.5) is 4.79 Å². The molecule has 6 nitrogen and oxygen atoms in total. The molecule has 0 aromatic heterocycles. The minimum Gasteiger partial charge on any atom is -0.444 e. The van der Waals surface area contributed by atoms with Crippen molar-refractivity contribution in [2.24, 2.45) is 10.9 Å². The van der Waals surface area contributed by atoms with Crippen LogP contribution in [0.5, 0.6) is 0 Å². The van der Waals surface area contributed by atoms with Gasteiger partial charge in [-0.15, -0.1) is 24.0 Å². The molecule has 0 bridgehead atoms. The number of hydrogen-bond donors (Lipinski definition) is 2. The van der Waals surface area contributed by atoms with Gasteiger partial charge in [0.1, 0.15) is 5.60 Å². The lowest BCUT2D eigenvalue weighted by molar-refractivity contribution is 0.0168. The van der Waals surface area contributed by atoms with Crippen molar-refractivity contribution in [3.63, 3.8) is 0 Å². The zero-order valence-corrected chi connectivity index (χ0v) is 18.7.